The standard InChI is InChI=1S/C16H19NO4/c1-10-7-17(8-11(2)20-10)9-14-15(16(18)19)12-5-3-4-6-13(12)21-14/h3-6,10-11H,7-9H2,1-2H3,(H,18,19). The van der Waals surface area contributed by atoms with Gasteiger partial charge in [-0.05, 0) is 19.9 Å². The van der Waals surface area contributed by atoms with Gasteiger partial charge in [0.1, 0.15) is 16.9 Å². The Hall–Kier alpha value is -1.85. The van der Waals surface area contributed by atoms with Gasteiger partial charge in [0, 0.05) is 18.5 Å². The number of aromatic carboxylic acids is 1. The van der Waals surface area contributed by atoms with E-state index in [1.807, 2.05) is 26.0 Å². The molecule has 2 atom stereocenters. The molecule has 2 unspecified atom stereocenters. The molecule has 1 aliphatic rings. The summed E-state index contributed by atoms with van der Waals surface area (Å²) in [5.41, 5.74) is 0.900. The second-order valence-corrected chi connectivity index (χ2v) is 5.65. The number of carboxylic acid groups (broad SMARTS) is 1. The lowest BCUT2D eigenvalue weighted by Gasteiger charge is -2.34. The van der Waals surface area contributed by atoms with Crippen molar-refractivity contribution in [3.05, 3.63) is 35.6 Å². The third-order valence-corrected chi connectivity index (χ3v) is 3.74. The molecule has 1 aromatic carbocycles. The molecular weight excluding hydrogens is 270 g/mol. The lowest BCUT2D eigenvalue weighted by molar-refractivity contribution is -0.0717. The first kappa shape index (κ1) is 14.1. The SMILES string of the molecule is CC1CN(Cc2oc3ccccc3c2C(=O)O)CC(C)O1. The normalized spacial score (nSPS) is 23.5. The Morgan fingerprint density at radius 2 is 1.95 bits per heavy atom. The van der Waals surface area contributed by atoms with Gasteiger partial charge in [-0.15, -0.1) is 0 Å². The zero-order valence-electron chi connectivity index (χ0n) is 12.2. The second-order valence-electron chi connectivity index (χ2n) is 5.65. The van der Waals surface area contributed by atoms with Crippen LogP contribution >= 0.6 is 0 Å². The van der Waals surface area contributed by atoms with E-state index in [0.717, 1.165) is 13.1 Å². The van der Waals surface area contributed by atoms with Crippen LogP contribution < -0.4 is 0 Å². The van der Waals surface area contributed by atoms with Crippen molar-refractivity contribution in [2.45, 2.75) is 32.6 Å². The Labute approximate surface area is 123 Å². The van der Waals surface area contributed by atoms with Gasteiger partial charge in [0.25, 0.3) is 0 Å². The van der Waals surface area contributed by atoms with E-state index in [4.69, 9.17) is 9.15 Å². The van der Waals surface area contributed by atoms with Gasteiger partial charge in [0.15, 0.2) is 0 Å². The Morgan fingerprint density at radius 1 is 1.29 bits per heavy atom. The van der Waals surface area contributed by atoms with Crippen molar-refractivity contribution in [1.29, 1.82) is 0 Å². The van der Waals surface area contributed by atoms with Crippen LogP contribution in [0.1, 0.15) is 30.0 Å². The summed E-state index contributed by atoms with van der Waals surface area (Å²) in [7, 11) is 0. The van der Waals surface area contributed by atoms with Gasteiger partial charge >= 0.3 is 5.97 Å². The summed E-state index contributed by atoms with van der Waals surface area (Å²) in [4.78, 5) is 13.7. The predicted octanol–water partition coefficient (Wildman–Crippen LogP) is 2.74. The average Bonchev–Trinajstić information content (AvgIpc) is 2.75. The molecular formula is C16H19NO4. The third-order valence-electron chi connectivity index (χ3n) is 3.74. The van der Waals surface area contributed by atoms with Gasteiger partial charge in [-0.3, -0.25) is 4.90 Å². The lowest BCUT2D eigenvalue weighted by atomic mass is 10.1. The molecule has 0 bridgehead atoms. The van der Waals surface area contributed by atoms with E-state index in [0.29, 0.717) is 23.3 Å². The van der Waals surface area contributed by atoms with Crippen molar-refractivity contribution in [2.24, 2.45) is 0 Å². The first-order chi connectivity index (χ1) is 10.0. The molecule has 1 N–H and O–H groups in total. The molecule has 3 rings (SSSR count). The fraction of sp³-hybridized carbons (Fsp3) is 0.438. The zero-order chi connectivity index (χ0) is 15.0. The molecule has 0 aliphatic carbocycles. The first-order valence-corrected chi connectivity index (χ1v) is 7.16. The van der Waals surface area contributed by atoms with Gasteiger partial charge in [-0.2, -0.15) is 0 Å². The molecule has 0 saturated carbocycles. The summed E-state index contributed by atoms with van der Waals surface area (Å²) >= 11 is 0. The number of rotatable bonds is 3. The maximum Gasteiger partial charge on any atom is 0.339 e. The summed E-state index contributed by atoms with van der Waals surface area (Å²) in [6.07, 6.45) is 0.290. The summed E-state index contributed by atoms with van der Waals surface area (Å²) in [5, 5.41) is 10.1. The smallest absolute Gasteiger partial charge is 0.339 e. The van der Waals surface area contributed by atoms with Crippen LogP contribution in [0.2, 0.25) is 0 Å². The Kier molecular flexibility index (Phi) is 3.69. The third kappa shape index (κ3) is 2.80. The highest BCUT2D eigenvalue weighted by molar-refractivity contribution is 6.03. The molecule has 1 aliphatic heterocycles. The average molecular weight is 289 g/mol. The van der Waals surface area contributed by atoms with Crippen LogP contribution in [0.15, 0.2) is 28.7 Å². The van der Waals surface area contributed by atoms with E-state index >= 15 is 0 Å². The van der Waals surface area contributed by atoms with Crippen molar-refractivity contribution >= 4 is 16.9 Å². The highest BCUT2D eigenvalue weighted by Crippen LogP contribution is 2.27. The number of furan rings is 1. The van der Waals surface area contributed by atoms with Crippen LogP contribution in [0.25, 0.3) is 11.0 Å². The quantitative estimate of drug-likeness (QED) is 0.941. The lowest BCUT2D eigenvalue weighted by Crippen LogP contribution is -2.44. The zero-order valence-corrected chi connectivity index (χ0v) is 12.2. The minimum absolute atomic E-state index is 0.145. The maximum atomic E-state index is 11.6. The maximum absolute atomic E-state index is 11.6. The first-order valence-electron chi connectivity index (χ1n) is 7.16. The van der Waals surface area contributed by atoms with Crippen LogP contribution in [-0.4, -0.2) is 41.3 Å². The molecule has 112 valence electrons. The number of carboxylic acids is 1. The molecule has 5 nitrogen and oxygen atoms in total. The van der Waals surface area contributed by atoms with Crippen LogP contribution in [0, 0.1) is 0 Å². The highest BCUT2D eigenvalue weighted by Gasteiger charge is 2.26. The van der Waals surface area contributed by atoms with E-state index in [9.17, 15) is 9.90 Å². The van der Waals surface area contributed by atoms with Gasteiger partial charge in [-0.1, -0.05) is 18.2 Å². The van der Waals surface area contributed by atoms with Gasteiger partial charge in [0.05, 0.1) is 18.8 Å². The summed E-state index contributed by atoms with van der Waals surface area (Å²) in [6, 6.07) is 7.26. The molecule has 1 fully saturated rings. The summed E-state index contributed by atoms with van der Waals surface area (Å²) < 4.78 is 11.5. The van der Waals surface area contributed by atoms with Gasteiger partial charge in [-0.25, -0.2) is 4.79 Å². The monoisotopic (exact) mass is 289 g/mol. The number of carbonyl (C=O) groups is 1. The second kappa shape index (κ2) is 5.50. The molecule has 21 heavy (non-hydrogen) atoms. The number of ether oxygens (including phenoxy) is 1. The van der Waals surface area contributed by atoms with E-state index < -0.39 is 5.97 Å². The molecule has 0 radical (unpaired) electrons. The van der Waals surface area contributed by atoms with E-state index in [2.05, 4.69) is 4.90 Å². The Morgan fingerprint density at radius 3 is 2.62 bits per heavy atom. The van der Waals surface area contributed by atoms with E-state index in [1.54, 1.807) is 12.1 Å². The van der Waals surface area contributed by atoms with Crippen molar-refractivity contribution < 1.29 is 19.1 Å². The van der Waals surface area contributed by atoms with Crippen LogP contribution in [0.5, 0.6) is 0 Å². The number of hydrogen-bond donors (Lipinski definition) is 1. The largest absolute Gasteiger partial charge is 0.478 e. The Bertz CT molecular complexity index is 653. The molecule has 0 amide bonds. The van der Waals surface area contributed by atoms with Crippen LogP contribution in [0.3, 0.4) is 0 Å². The molecule has 1 saturated heterocycles. The minimum Gasteiger partial charge on any atom is -0.478 e. The van der Waals surface area contributed by atoms with Crippen LogP contribution in [-0.2, 0) is 11.3 Å². The predicted molar refractivity (Wildman–Crippen MR) is 78.5 cm³/mol. The number of fused-ring (bicyclic) bond motifs is 1. The number of benzene rings is 1. The number of hydrogen-bond acceptors (Lipinski definition) is 4. The Balaban J connectivity index is 1.93. The van der Waals surface area contributed by atoms with Gasteiger partial charge < -0.3 is 14.3 Å². The van der Waals surface area contributed by atoms with E-state index in [1.165, 1.54) is 0 Å². The fourth-order valence-corrected chi connectivity index (χ4v) is 3.06. The van der Waals surface area contributed by atoms with Crippen molar-refractivity contribution in [3.63, 3.8) is 0 Å². The fourth-order valence-electron chi connectivity index (χ4n) is 3.06. The van der Waals surface area contributed by atoms with Crippen molar-refractivity contribution in [2.75, 3.05) is 13.1 Å². The molecule has 5 heteroatoms. The van der Waals surface area contributed by atoms with Crippen LogP contribution in [0.4, 0.5) is 0 Å². The molecule has 2 aromatic rings. The molecule has 0 spiro atoms. The number of morpholine rings is 1. The summed E-state index contributed by atoms with van der Waals surface area (Å²) in [5.74, 6) is -0.422. The number of nitrogens with zero attached hydrogens (tertiary/aromatic N) is 1. The molecule has 2 heterocycles. The highest BCUT2D eigenvalue weighted by atomic mass is 16.5. The summed E-state index contributed by atoms with van der Waals surface area (Å²) in [6.45, 7) is 6.11. The van der Waals surface area contributed by atoms with Crippen molar-refractivity contribution in [3.8, 4) is 0 Å². The topological polar surface area (TPSA) is 62.9 Å². The van der Waals surface area contributed by atoms with Crippen molar-refractivity contribution in [1.82, 2.24) is 4.90 Å². The number of para-hydroxylation sites is 1. The van der Waals surface area contributed by atoms with Gasteiger partial charge in [0.2, 0.25) is 0 Å². The van der Waals surface area contributed by atoms with E-state index in [-0.39, 0.29) is 17.8 Å². The minimum atomic E-state index is -0.940. The molecule has 1 aromatic heterocycles.